The quantitative estimate of drug-likeness (QED) is 0.909. The van der Waals surface area contributed by atoms with E-state index < -0.39 is 22.7 Å². The molecule has 0 saturated heterocycles. The van der Waals surface area contributed by atoms with Crippen molar-refractivity contribution in [3.8, 4) is 0 Å². The summed E-state index contributed by atoms with van der Waals surface area (Å²) in [6.45, 7) is 1.57. The molecule has 1 rings (SSSR count). The maximum Gasteiger partial charge on any atom is 0.307 e. The molecule has 0 spiro atoms. The fraction of sp³-hybridized carbons (Fsp3) is 0.444. The van der Waals surface area contributed by atoms with Crippen LogP contribution in [0.1, 0.15) is 11.8 Å². The third kappa shape index (κ3) is 4.04. The van der Waals surface area contributed by atoms with Gasteiger partial charge in [0, 0.05) is 25.9 Å². The summed E-state index contributed by atoms with van der Waals surface area (Å²) in [6.07, 6.45) is 0. The van der Waals surface area contributed by atoms with E-state index in [4.69, 9.17) is 5.11 Å². The van der Waals surface area contributed by atoms with Crippen molar-refractivity contribution in [3.63, 3.8) is 0 Å². The van der Waals surface area contributed by atoms with Gasteiger partial charge in [-0.15, -0.1) is 11.3 Å². The van der Waals surface area contributed by atoms with E-state index in [1.807, 2.05) is 11.4 Å². The van der Waals surface area contributed by atoms with Gasteiger partial charge in [0.05, 0.1) is 11.7 Å². The van der Waals surface area contributed by atoms with Crippen molar-refractivity contribution >= 4 is 44.0 Å². The Bertz CT molecular complexity index is 375. The van der Waals surface area contributed by atoms with Gasteiger partial charge in [-0.1, -0.05) is 6.92 Å². The Morgan fingerprint density at radius 1 is 1.73 bits per heavy atom. The Labute approximate surface area is 103 Å². The minimum atomic E-state index is -1.11. The number of thiophene rings is 1. The van der Waals surface area contributed by atoms with E-state index in [0.29, 0.717) is 5.75 Å². The Kier molecular flexibility index (Phi) is 4.95. The van der Waals surface area contributed by atoms with E-state index in [-0.39, 0.29) is 5.75 Å². The molecular weight excluding hydrogens is 300 g/mol. The highest BCUT2D eigenvalue weighted by Crippen LogP contribution is 2.24. The first kappa shape index (κ1) is 12.9. The molecule has 84 valence electrons. The summed E-state index contributed by atoms with van der Waals surface area (Å²) in [5.41, 5.74) is 0. The number of carbonyl (C=O) groups is 1. The van der Waals surface area contributed by atoms with Gasteiger partial charge >= 0.3 is 5.97 Å². The number of hydrogen-bond acceptors (Lipinski definition) is 3. The van der Waals surface area contributed by atoms with Gasteiger partial charge in [-0.3, -0.25) is 9.00 Å². The minimum Gasteiger partial charge on any atom is -0.481 e. The first-order chi connectivity index (χ1) is 7.00. The average Bonchev–Trinajstić information content (AvgIpc) is 2.51. The summed E-state index contributed by atoms with van der Waals surface area (Å²) in [5, 5.41) is 10.6. The molecule has 3 nitrogen and oxygen atoms in total. The highest BCUT2D eigenvalue weighted by molar-refractivity contribution is 9.10. The Morgan fingerprint density at radius 3 is 2.87 bits per heavy atom. The molecule has 0 radical (unpaired) electrons. The fourth-order valence-electron chi connectivity index (χ4n) is 0.983. The largest absolute Gasteiger partial charge is 0.481 e. The van der Waals surface area contributed by atoms with Crippen molar-refractivity contribution in [1.29, 1.82) is 0 Å². The van der Waals surface area contributed by atoms with Crippen LogP contribution in [0.15, 0.2) is 15.9 Å². The molecule has 0 fully saturated rings. The molecule has 15 heavy (non-hydrogen) atoms. The molecule has 1 heterocycles. The first-order valence-corrected chi connectivity index (χ1v) is 7.46. The van der Waals surface area contributed by atoms with E-state index in [1.54, 1.807) is 6.92 Å². The molecule has 6 heteroatoms. The zero-order chi connectivity index (χ0) is 11.4. The lowest BCUT2D eigenvalue weighted by Gasteiger charge is -2.05. The normalized spacial score (nSPS) is 14.8. The monoisotopic (exact) mass is 310 g/mol. The van der Waals surface area contributed by atoms with Crippen molar-refractivity contribution in [2.24, 2.45) is 5.92 Å². The number of carboxylic acid groups (broad SMARTS) is 1. The number of hydrogen-bond donors (Lipinski definition) is 1. The van der Waals surface area contributed by atoms with Crippen molar-refractivity contribution in [3.05, 3.63) is 20.8 Å². The zero-order valence-corrected chi connectivity index (χ0v) is 11.3. The molecule has 0 amide bonds. The van der Waals surface area contributed by atoms with Crippen molar-refractivity contribution in [1.82, 2.24) is 0 Å². The molecule has 0 bridgehead atoms. The minimum absolute atomic E-state index is 0.208. The average molecular weight is 311 g/mol. The number of rotatable bonds is 5. The summed E-state index contributed by atoms with van der Waals surface area (Å²) in [4.78, 5) is 11.6. The van der Waals surface area contributed by atoms with Gasteiger partial charge < -0.3 is 5.11 Å². The third-order valence-corrected chi connectivity index (χ3v) is 5.43. The third-order valence-electron chi connectivity index (χ3n) is 1.84. The van der Waals surface area contributed by atoms with Gasteiger partial charge in [0.2, 0.25) is 0 Å². The Balaban J connectivity index is 2.50. The second-order valence-corrected chi connectivity index (χ2v) is 6.54. The van der Waals surface area contributed by atoms with Crippen LogP contribution in [0.2, 0.25) is 0 Å². The molecule has 2 atom stereocenters. The summed E-state index contributed by atoms with van der Waals surface area (Å²) < 4.78 is 12.6. The van der Waals surface area contributed by atoms with Crippen LogP contribution in [0.5, 0.6) is 0 Å². The Morgan fingerprint density at radius 2 is 2.40 bits per heavy atom. The summed E-state index contributed by atoms with van der Waals surface area (Å²) in [5.74, 6) is -0.812. The topological polar surface area (TPSA) is 54.4 Å². The molecule has 0 aliphatic rings. The molecule has 0 aliphatic carbocycles. The van der Waals surface area contributed by atoms with Crippen LogP contribution in [0.3, 0.4) is 0 Å². The lowest BCUT2D eigenvalue weighted by atomic mass is 10.2. The lowest BCUT2D eigenvalue weighted by Crippen LogP contribution is -2.17. The van der Waals surface area contributed by atoms with E-state index in [9.17, 15) is 9.00 Å². The predicted molar refractivity (Wildman–Crippen MR) is 65.5 cm³/mol. The van der Waals surface area contributed by atoms with Crippen LogP contribution in [0, 0.1) is 5.92 Å². The molecule has 1 aromatic rings. The number of carboxylic acids is 1. The second-order valence-electron chi connectivity index (χ2n) is 3.18. The van der Waals surface area contributed by atoms with Crippen LogP contribution in [0.4, 0.5) is 0 Å². The standard InChI is InChI=1S/C9H11BrO3S2/c1-6(9(11)12)4-15(13)5-8-7(10)2-3-14-8/h2-3,6H,4-5H2,1H3,(H,11,12). The van der Waals surface area contributed by atoms with Crippen LogP contribution in [0.25, 0.3) is 0 Å². The predicted octanol–water partition coefficient (Wildman–Crippen LogP) is 2.48. The second kappa shape index (κ2) is 5.77. The number of halogens is 1. The Hall–Kier alpha value is -0.200. The van der Waals surface area contributed by atoms with Gasteiger partial charge in [-0.2, -0.15) is 0 Å². The van der Waals surface area contributed by atoms with Gasteiger partial charge in [0.1, 0.15) is 0 Å². The van der Waals surface area contributed by atoms with Gasteiger partial charge in [-0.25, -0.2) is 0 Å². The van der Waals surface area contributed by atoms with Crippen LogP contribution in [-0.2, 0) is 21.3 Å². The summed E-state index contributed by atoms with van der Waals surface area (Å²) >= 11 is 4.88. The van der Waals surface area contributed by atoms with E-state index in [1.165, 1.54) is 11.3 Å². The number of aliphatic carboxylic acids is 1. The maximum absolute atomic E-state index is 11.6. The fourth-order valence-corrected chi connectivity index (χ4v) is 4.38. The summed E-state index contributed by atoms with van der Waals surface area (Å²) in [7, 11) is -1.11. The zero-order valence-electron chi connectivity index (χ0n) is 8.10. The van der Waals surface area contributed by atoms with E-state index in [2.05, 4.69) is 15.9 Å². The molecular formula is C9H11BrO3S2. The molecule has 0 aliphatic heterocycles. The summed E-state index contributed by atoms with van der Waals surface area (Å²) in [6, 6.07) is 1.90. The van der Waals surface area contributed by atoms with Crippen molar-refractivity contribution in [2.45, 2.75) is 12.7 Å². The SMILES string of the molecule is CC(CS(=O)Cc1sccc1Br)C(=O)O. The van der Waals surface area contributed by atoms with E-state index in [0.717, 1.165) is 9.35 Å². The molecule has 0 saturated carbocycles. The van der Waals surface area contributed by atoms with Crippen molar-refractivity contribution in [2.75, 3.05) is 5.75 Å². The maximum atomic E-state index is 11.6. The molecule has 1 aromatic heterocycles. The van der Waals surface area contributed by atoms with Gasteiger partial charge in [0.25, 0.3) is 0 Å². The van der Waals surface area contributed by atoms with Crippen molar-refractivity contribution < 1.29 is 14.1 Å². The smallest absolute Gasteiger partial charge is 0.307 e. The highest BCUT2D eigenvalue weighted by Gasteiger charge is 2.16. The van der Waals surface area contributed by atoms with Gasteiger partial charge in [0.15, 0.2) is 0 Å². The van der Waals surface area contributed by atoms with Crippen LogP contribution < -0.4 is 0 Å². The van der Waals surface area contributed by atoms with Gasteiger partial charge in [-0.05, 0) is 27.4 Å². The lowest BCUT2D eigenvalue weighted by molar-refractivity contribution is -0.140. The molecule has 0 aromatic carbocycles. The first-order valence-electron chi connectivity index (χ1n) is 4.30. The van der Waals surface area contributed by atoms with E-state index >= 15 is 0 Å². The van der Waals surface area contributed by atoms with Crippen LogP contribution in [-0.4, -0.2) is 21.0 Å². The highest BCUT2D eigenvalue weighted by atomic mass is 79.9. The van der Waals surface area contributed by atoms with Crippen LogP contribution >= 0.6 is 27.3 Å². The molecule has 2 unspecified atom stereocenters. The molecule has 1 N–H and O–H groups in total.